The molecule has 0 aromatic carbocycles. The lowest BCUT2D eigenvalue weighted by molar-refractivity contribution is 0.833. The van der Waals surface area contributed by atoms with E-state index < -0.39 is 0 Å². The standard InChI is InChI=1S/C7H3ClN6/c8-5-2-10-3-11-7(5)14-4-12-6(1-9)13-14/h2-4H. The van der Waals surface area contributed by atoms with Crippen molar-refractivity contribution in [2.75, 3.05) is 0 Å². The second kappa shape index (κ2) is 3.40. The zero-order valence-corrected chi connectivity index (χ0v) is 7.55. The van der Waals surface area contributed by atoms with E-state index >= 15 is 0 Å². The molecule has 0 saturated heterocycles. The molecule has 2 rings (SSSR count). The molecule has 14 heavy (non-hydrogen) atoms. The van der Waals surface area contributed by atoms with Gasteiger partial charge in [-0.2, -0.15) is 9.94 Å². The summed E-state index contributed by atoms with van der Waals surface area (Å²) in [5.41, 5.74) is 0. The third-order valence-corrected chi connectivity index (χ3v) is 1.72. The molecule has 2 aromatic rings. The van der Waals surface area contributed by atoms with Crippen molar-refractivity contribution in [3.63, 3.8) is 0 Å². The summed E-state index contributed by atoms with van der Waals surface area (Å²) in [5, 5.41) is 12.7. The lowest BCUT2D eigenvalue weighted by Gasteiger charge is -1.98. The maximum atomic E-state index is 8.51. The predicted octanol–water partition coefficient (Wildman–Crippen LogP) is 0.582. The highest BCUT2D eigenvalue weighted by atomic mass is 35.5. The Kier molecular flexibility index (Phi) is 2.08. The van der Waals surface area contributed by atoms with Crippen molar-refractivity contribution in [2.45, 2.75) is 0 Å². The first-order valence-electron chi connectivity index (χ1n) is 3.59. The van der Waals surface area contributed by atoms with E-state index in [9.17, 15) is 0 Å². The van der Waals surface area contributed by atoms with Crippen LogP contribution in [0.25, 0.3) is 5.82 Å². The average molecular weight is 207 g/mol. The Hall–Kier alpha value is -2.00. The van der Waals surface area contributed by atoms with Crippen LogP contribution in [-0.4, -0.2) is 24.7 Å². The lowest BCUT2D eigenvalue weighted by atomic mass is 10.6. The van der Waals surface area contributed by atoms with Gasteiger partial charge in [-0.3, -0.25) is 0 Å². The smallest absolute Gasteiger partial charge is 0.243 e. The van der Waals surface area contributed by atoms with Crippen LogP contribution in [0.15, 0.2) is 18.9 Å². The molecule has 7 heteroatoms. The van der Waals surface area contributed by atoms with E-state index in [0.29, 0.717) is 10.8 Å². The minimum atomic E-state index is 0.0691. The van der Waals surface area contributed by atoms with Crippen molar-refractivity contribution < 1.29 is 0 Å². The molecule has 0 fully saturated rings. The fourth-order valence-corrected chi connectivity index (χ4v) is 1.08. The molecular weight excluding hydrogens is 204 g/mol. The minimum Gasteiger partial charge on any atom is -0.243 e. The molecule has 0 bridgehead atoms. The number of hydrogen-bond acceptors (Lipinski definition) is 5. The molecule has 0 atom stereocenters. The summed E-state index contributed by atoms with van der Waals surface area (Å²) in [6.07, 6.45) is 4.15. The third-order valence-electron chi connectivity index (χ3n) is 1.46. The second-order valence-electron chi connectivity index (χ2n) is 2.32. The topological polar surface area (TPSA) is 80.3 Å². The Bertz CT molecular complexity index is 499. The number of nitrogens with zero attached hydrogens (tertiary/aromatic N) is 6. The van der Waals surface area contributed by atoms with Crippen LogP contribution in [-0.2, 0) is 0 Å². The summed E-state index contributed by atoms with van der Waals surface area (Å²) in [6, 6.07) is 1.81. The molecule has 2 heterocycles. The van der Waals surface area contributed by atoms with Gasteiger partial charge in [-0.25, -0.2) is 15.0 Å². The van der Waals surface area contributed by atoms with Gasteiger partial charge in [0.1, 0.15) is 23.7 Å². The monoisotopic (exact) mass is 206 g/mol. The molecule has 0 aliphatic carbocycles. The highest BCUT2D eigenvalue weighted by Gasteiger charge is 2.06. The van der Waals surface area contributed by atoms with Crippen molar-refractivity contribution in [3.05, 3.63) is 29.7 Å². The molecule has 0 radical (unpaired) electrons. The van der Waals surface area contributed by atoms with Gasteiger partial charge in [0, 0.05) is 0 Å². The van der Waals surface area contributed by atoms with Crippen molar-refractivity contribution in [1.82, 2.24) is 24.7 Å². The van der Waals surface area contributed by atoms with Crippen molar-refractivity contribution in [3.8, 4) is 11.9 Å². The number of aromatic nitrogens is 5. The van der Waals surface area contributed by atoms with Gasteiger partial charge in [0.15, 0.2) is 5.82 Å². The SMILES string of the molecule is N#Cc1ncn(-c2ncncc2Cl)n1. The van der Waals surface area contributed by atoms with Crippen LogP contribution in [0.1, 0.15) is 5.82 Å². The Morgan fingerprint density at radius 3 is 2.93 bits per heavy atom. The average Bonchev–Trinajstić information content (AvgIpc) is 2.67. The largest absolute Gasteiger partial charge is 0.252 e. The first kappa shape index (κ1) is 8.59. The van der Waals surface area contributed by atoms with E-state index in [0.717, 1.165) is 0 Å². The first-order valence-corrected chi connectivity index (χ1v) is 3.96. The molecule has 6 nitrogen and oxygen atoms in total. The maximum absolute atomic E-state index is 8.51. The van der Waals surface area contributed by atoms with E-state index in [1.54, 1.807) is 0 Å². The fraction of sp³-hybridized carbons (Fsp3) is 0. The van der Waals surface area contributed by atoms with Crippen LogP contribution < -0.4 is 0 Å². The van der Waals surface area contributed by atoms with E-state index in [4.69, 9.17) is 16.9 Å². The van der Waals surface area contributed by atoms with Gasteiger partial charge in [-0.05, 0) is 0 Å². The van der Waals surface area contributed by atoms with Gasteiger partial charge >= 0.3 is 0 Å². The van der Waals surface area contributed by atoms with Gasteiger partial charge in [0.05, 0.1) is 6.20 Å². The Balaban J connectivity index is 2.51. The summed E-state index contributed by atoms with van der Waals surface area (Å²) >= 11 is 5.81. The van der Waals surface area contributed by atoms with Gasteiger partial charge in [-0.1, -0.05) is 11.6 Å². The van der Waals surface area contributed by atoms with Crippen LogP contribution in [0, 0.1) is 11.3 Å². The second-order valence-corrected chi connectivity index (χ2v) is 2.73. The van der Waals surface area contributed by atoms with E-state index in [1.807, 2.05) is 6.07 Å². The van der Waals surface area contributed by atoms with Crippen LogP contribution in [0.4, 0.5) is 0 Å². The molecule has 2 aromatic heterocycles. The van der Waals surface area contributed by atoms with Crippen LogP contribution in [0.2, 0.25) is 5.02 Å². The third kappa shape index (κ3) is 1.41. The maximum Gasteiger partial charge on any atom is 0.252 e. The van der Waals surface area contributed by atoms with Crippen molar-refractivity contribution >= 4 is 11.6 Å². The van der Waals surface area contributed by atoms with Gasteiger partial charge < -0.3 is 0 Å². The highest BCUT2D eigenvalue weighted by molar-refractivity contribution is 6.31. The zero-order chi connectivity index (χ0) is 9.97. The highest BCUT2D eigenvalue weighted by Crippen LogP contribution is 2.13. The van der Waals surface area contributed by atoms with Crippen LogP contribution >= 0.6 is 11.6 Å². The molecule has 0 aliphatic heterocycles. The van der Waals surface area contributed by atoms with E-state index in [2.05, 4.69) is 20.1 Å². The van der Waals surface area contributed by atoms with E-state index in [-0.39, 0.29) is 5.82 Å². The van der Waals surface area contributed by atoms with Gasteiger partial charge in [-0.15, -0.1) is 5.10 Å². The summed E-state index contributed by atoms with van der Waals surface area (Å²) in [5.74, 6) is 0.468. The van der Waals surface area contributed by atoms with Crippen LogP contribution in [0.5, 0.6) is 0 Å². The molecule has 0 saturated carbocycles. The normalized spacial score (nSPS) is 9.71. The number of hydrogen-bond donors (Lipinski definition) is 0. The molecule has 0 amide bonds. The number of nitriles is 1. The minimum absolute atomic E-state index is 0.0691. The Morgan fingerprint density at radius 1 is 1.43 bits per heavy atom. The summed E-state index contributed by atoms with van der Waals surface area (Å²) in [7, 11) is 0. The predicted molar refractivity (Wildman–Crippen MR) is 46.7 cm³/mol. The lowest BCUT2D eigenvalue weighted by Crippen LogP contribution is -1.99. The van der Waals surface area contributed by atoms with Crippen molar-refractivity contribution in [1.29, 1.82) is 5.26 Å². The molecule has 68 valence electrons. The molecular formula is C7H3ClN6. The number of rotatable bonds is 1. The molecule has 0 spiro atoms. The fourth-order valence-electron chi connectivity index (χ4n) is 0.891. The summed E-state index contributed by atoms with van der Waals surface area (Å²) < 4.78 is 1.32. The molecule has 0 aliphatic rings. The van der Waals surface area contributed by atoms with Crippen molar-refractivity contribution in [2.24, 2.45) is 0 Å². The summed E-state index contributed by atoms with van der Waals surface area (Å²) in [4.78, 5) is 11.4. The first-order chi connectivity index (χ1) is 6.81. The quantitative estimate of drug-likeness (QED) is 0.682. The molecule has 0 unspecified atom stereocenters. The number of halogens is 1. The van der Waals surface area contributed by atoms with Gasteiger partial charge in [0.2, 0.25) is 0 Å². The Labute approximate surface area is 83.8 Å². The van der Waals surface area contributed by atoms with E-state index in [1.165, 1.54) is 23.5 Å². The van der Waals surface area contributed by atoms with Crippen LogP contribution in [0.3, 0.4) is 0 Å². The van der Waals surface area contributed by atoms with Gasteiger partial charge in [0.25, 0.3) is 5.82 Å². The molecule has 0 N–H and O–H groups in total. The Morgan fingerprint density at radius 2 is 2.29 bits per heavy atom. The summed E-state index contributed by atoms with van der Waals surface area (Å²) in [6.45, 7) is 0. The zero-order valence-electron chi connectivity index (χ0n) is 6.79.